The largest absolute Gasteiger partial charge is 0.396 e. The lowest BCUT2D eigenvalue weighted by Gasteiger charge is -1.79. The van der Waals surface area contributed by atoms with Gasteiger partial charge in [-0.1, -0.05) is 0 Å². The minimum absolute atomic E-state index is 0.750. The normalized spacial score (nSPS) is 7.29. The van der Waals surface area contributed by atoms with Crippen LogP contribution in [-0.4, -0.2) is 0 Å². The molecule has 0 unspecified atom stereocenters. The van der Waals surface area contributed by atoms with Gasteiger partial charge in [-0.15, -0.1) is 5.73 Å². The summed E-state index contributed by atoms with van der Waals surface area (Å²) in [4.78, 5) is 0. The topological polar surface area (TPSA) is 26.0 Å². The average Bonchev–Trinajstić information content (AvgIpc) is 1.27. The van der Waals surface area contributed by atoms with E-state index >= 15 is 0 Å². The molecule has 0 aliphatic carbocycles. The highest BCUT2D eigenvalue weighted by atomic mass is 14.5. The van der Waals surface area contributed by atoms with Gasteiger partial charge in [0.25, 0.3) is 0 Å². The quantitative estimate of drug-likeness (QED) is 0.454. The molecule has 7 heavy (non-hydrogen) atoms. The van der Waals surface area contributed by atoms with E-state index < -0.39 is 0 Å². The van der Waals surface area contributed by atoms with Gasteiger partial charge in [-0.2, -0.15) is 0 Å². The minimum Gasteiger partial charge on any atom is -0.396 e. The van der Waals surface area contributed by atoms with Gasteiger partial charge in [0.15, 0.2) is 0 Å². The first-order chi connectivity index (χ1) is 3.13. The van der Waals surface area contributed by atoms with Crippen molar-refractivity contribution in [2.24, 2.45) is 5.73 Å². The van der Waals surface area contributed by atoms with Crippen molar-refractivity contribution in [2.45, 2.75) is 20.8 Å². The zero-order valence-corrected chi connectivity index (χ0v) is 5.08. The van der Waals surface area contributed by atoms with E-state index in [0.717, 1.165) is 11.3 Å². The lowest BCUT2D eigenvalue weighted by atomic mass is 10.3. The number of allylic oxidation sites excluding steroid dienone is 1. The van der Waals surface area contributed by atoms with Gasteiger partial charge >= 0.3 is 0 Å². The highest BCUT2D eigenvalue weighted by Gasteiger charge is 1.69. The molecule has 2 N–H and O–H groups in total. The summed E-state index contributed by atoms with van der Waals surface area (Å²) < 4.78 is 0. The van der Waals surface area contributed by atoms with Gasteiger partial charge in [-0.05, 0) is 26.3 Å². The number of hydrogen-bond acceptors (Lipinski definition) is 1. The van der Waals surface area contributed by atoms with Crippen molar-refractivity contribution in [1.82, 2.24) is 0 Å². The first-order valence-corrected chi connectivity index (χ1v) is 2.29. The molecule has 0 heterocycles. The van der Waals surface area contributed by atoms with Crippen LogP contribution < -0.4 is 5.73 Å². The standard InChI is InChI=1S/C6H11N/c1-5(2)4-6(3)7/h7H2,1-3H3. The Kier molecular flexibility index (Phi) is 2.24. The molecular formula is C6H11N. The van der Waals surface area contributed by atoms with E-state index in [9.17, 15) is 0 Å². The van der Waals surface area contributed by atoms with Crippen molar-refractivity contribution < 1.29 is 0 Å². The molecule has 0 radical (unpaired) electrons. The molecule has 0 atom stereocenters. The van der Waals surface area contributed by atoms with Crippen LogP contribution in [0.5, 0.6) is 0 Å². The molecule has 0 saturated carbocycles. The van der Waals surface area contributed by atoms with E-state index in [1.54, 1.807) is 0 Å². The molecule has 1 nitrogen and oxygen atoms in total. The van der Waals surface area contributed by atoms with Crippen LogP contribution in [-0.2, 0) is 0 Å². The van der Waals surface area contributed by atoms with Crippen molar-refractivity contribution >= 4 is 0 Å². The Morgan fingerprint density at radius 3 is 1.71 bits per heavy atom. The molecular weight excluding hydrogens is 86.1 g/mol. The van der Waals surface area contributed by atoms with Crippen LogP contribution in [0.25, 0.3) is 0 Å². The Labute approximate surface area is 44.5 Å². The fourth-order valence-corrected chi connectivity index (χ4v) is 0.394. The third-order valence-corrected chi connectivity index (χ3v) is 0.447. The van der Waals surface area contributed by atoms with Gasteiger partial charge < -0.3 is 5.73 Å². The molecule has 0 aliphatic rings. The van der Waals surface area contributed by atoms with E-state index in [4.69, 9.17) is 5.73 Å². The van der Waals surface area contributed by atoms with E-state index in [1.165, 1.54) is 0 Å². The summed E-state index contributed by atoms with van der Waals surface area (Å²) in [6.07, 6.45) is 0. The summed E-state index contributed by atoms with van der Waals surface area (Å²) in [5.74, 6) is 0. The van der Waals surface area contributed by atoms with Crippen LogP contribution in [0, 0.1) is 0 Å². The molecule has 0 aromatic rings. The third-order valence-electron chi connectivity index (χ3n) is 0.447. The van der Waals surface area contributed by atoms with Gasteiger partial charge in [-0.25, -0.2) is 0 Å². The maximum Gasteiger partial charge on any atom is 0.0479 e. The van der Waals surface area contributed by atoms with Crippen molar-refractivity contribution in [3.05, 3.63) is 17.0 Å². The van der Waals surface area contributed by atoms with Crippen molar-refractivity contribution in [1.29, 1.82) is 0 Å². The molecule has 0 aromatic heterocycles. The summed E-state index contributed by atoms with van der Waals surface area (Å²) in [5, 5.41) is 0. The predicted molar refractivity (Wildman–Crippen MR) is 31.7 cm³/mol. The van der Waals surface area contributed by atoms with Gasteiger partial charge in [0, 0.05) is 5.70 Å². The van der Waals surface area contributed by atoms with Crippen molar-refractivity contribution in [3.8, 4) is 0 Å². The average molecular weight is 97.2 g/mol. The summed E-state index contributed by atoms with van der Waals surface area (Å²) in [7, 11) is 0. The summed E-state index contributed by atoms with van der Waals surface area (Å²) in [6.45, 7) is 5.76. The fourth-order valence-electron chi connectivity index (χ4n) is 0.394. The Morgan fingerprint density at radius 2 is 1.71 bits per heavy atom. The fraction of sp³-hybridized carbons (Fsp3) is 0.500. The highest BCUT2D eigenvalue weighted by molar-refractivity contribution is 4.99. The Morgan fingerprint density at radius 1 is 1.29 bits per heavy atom. The Balaban J connectivity index is 4.13. The van der Waals surface area contributed by atoms with Crippen LogP contribution in [0.4, 0.5) is 0 Å². The van der Waals surface area contributed by atoms with Crippen LogP contribution >= 0.6 is 0 Å². The second-order valence-corrected chi connectivity index (χ2v) is 1.81. The molecule has 0 rings (SSSR count). The Hall–Kier alpha value is -0.680. The SMILES string of the molecule is CC(C)=C=C(C)N. The molecule has 0 fully saturated rings. The molecule has 0 aromatic carbocycles. The van der Waals surface area contributed by atoms with E-state index in [-0.39, 0.29) is 0 Å². The first kappa shape index (κ1) is 6.32. The lowest BCUT2D eigenvalue weighted by molar-refractivity contribution is 1.29. The number of hydrogen-bond donors (Lipinski definition) is 1. The highest BCUT2D eigenvalue weighted by Crippen LogP contribution is 1.84. The van der Waals surface area contributed by atoms with Crippen LogP contribution in [0.15, 0.2) is 17.0 Å². The maximum atomic E-state index is 5.28. The van der Waals surface area contributed by atoms with Crippen molar-refractivity contribution in [2.75, 3.05) is 0 Å². The summed E-state index contributed by atoms with van der Waals surface area (Å²) >= 11 is 0. The van der Waals surface area contributed by atoms with Crippen LogP contribution in [0.2, 0.25) is 0 Å². The van der Waals surface area contributed by atoms with Crippen LogP contribution in [0.1, 0.15) is 20.8 Å². The molecule has 1 heteroatoms. The van der Waals surface area contributed by atoms with Gasteiger partial charge in [0.1, 0.15) is 0 Å². The smallest absolute Gasteiger partial charge is 0.0479 e. The molecule has 0 aliphatic heterocycles. The maximum absolute atomic E-state index is 5.28. The second kappa shape index (κ2) is 2.49. The van der Waals surface area contributed by atoms with Crippen LogP contribution in [0.3, 0.4) is 0 Å². The molecule has 0 spiro atoms. The van der Waals surface area contributed by atoms with E-state index in [1.807, 2.05) is 20.8 Å². The Bertz CT molecular complexity index is 96.1. The zero-order chi connectivity index (χ0) is 5.86. The monoisotopic (exact) mass is 97.1 g/mol. The zero-order valence-electron chi connectivity index (χ0n) is 5.08. The molecule has 0 amide bonds. The molecule has 40 valence electrons. The van der Waals surface area contributed by atoms with Gasteiger partial charge in [-0.3, -0.25) is 0 Å². The third kappa shape index (κ3) is 5.32. The van der Waals surface area contributed by atoms with Gasteiger partial charge in [0.2, 0.25) is 0 Å². The molecule has 0 saturated heterocycles. The van der Waals surface area contributed by atoms with E-state index in [0.29, 0.717) is 0 Å². The number of nitrogens with two attached hydrogens (primary N) is 1. The number of rotatable bonds is 0. The minimum atomic E-state index is 0.750. The van der Waals surface area contributed by atoms with E-state index in [2.05, 4.69) is 5.73 Å². The van der Waals surface area contributed by atoms with Gasteiger partial charge in [0.05, 0.1) is 0 Å². The molecule has 0 bridgehead atoms. The summed E-state index contributed by atoms with van der Waals surface area (Å²) in [6, 6.07) is 0. The summed E-state index contributed by atoms with van der Waals surface area (Å²) in [5.41, 5.74) is 10.1. The first-order valence-electron chi connectivity index (χ1n) is 2.29. The second-order valence-electron chi connectivity index (χ2n) is 1.81. The van der Waals surface area contributed by atoms with Crippen molar-refractivity contribution in [3.63, 3.8) is 0 Å². The predicted octanol–water partition coefficient (Wildman–Crippen LogP) is 1.41. The lowest BCUT2D eigenvalue weighted by Crippen LogP contribution is -1.86.